The fraction of sp³-hybridized carbons (Fsp3) is 0.286. The molecule has 0 bridgehead atoms. The molecule has 1 aromatic heterocycles. The fourth-order valence-corrected chi connectivity index (χ4v) is 2.33. The average Bonchev–Trinajstić information content (AvgIpc) is 3.21. The lowest BCUT2D eigenvalue weighted by Crippen LogP contribution is -2.01. The molecule has 2 aromatic rings. The second-order valence-corrected chi connectivity index (χ2v) is 5.04. The smallest absolute Gasteiger partial charge is 0.167 e. The topological polar surface area (TPSA) is 61.0 Å². The summed E-state index contributed by atoms with van der Waals surface area (Å²) in [5.74, 6) is 2.16. The number of halogens is 1. The third kappa shape index (κ3) is 2.36. The van der Waals surface area contributed by atoms with Crippen LogP contribution in [-0.2, 0) is 0 Å². The van der Waals surface area contributed by atoms with E-state index in [2.05, 4.69) is 9.97 Å². The first kappa shape index (κ1) is 12.2. The first-order valence-electron chi connectivity index (χ1n) is 6.16. The minimum Gasteiger partial charge on any atom is -0.496 e. The van der Waals surface area contributed by atoms with E-state index >= 15 is 0 Å². The van der Waals surface area contributed by atoms with Gasteiger partial charge >= 0.3 is 0 Å². The van der Waals surface area contributed by atoms with Crippen molar-refractivity contribution >= 4 is 17.4 Å². The van der Waals surface area contributed by atoms with E-state index in [0.29, 0.717) is 33.9 Å². The summed E-state index contributed by atoms with van der Waals surface area (Å²) in [5.41, 5.74) is 7.55. The molecule has 4 nitrogen and oxygen atoms in total. The third-order valence-electron chi connectivity index (χ3n) is 3.18. The van der Waals surface area contributed by atoms with Crippen molar-refractivity contribution in [2.24, 2.45) is 0 Å². The highest BCUT2D eigenvalue weighted by Gasteiger charge is 2.26. The zero-order valence-electron chi connectivity index (χ0n) is 10.6. The zero-order chi connectivity index (χ0) is 13.4. The summed E-state index contributed by atoms with van der Waals surface area (Å²) in [7, 11) is 1.60. The van der Waals surface area contributed by atoms with Crippen LogP contribution in [0.2, 0.25) is 5.02 Å². The number of ether oxygens (including phenoxy) is 1. The Morgan fingerprint density at radius 3 is 2.79 bits per heavy atom. The molecule has 0 spiro atoms. The van der Waals surface area contributed by atoms with Crippen molar-refractivity contribution in [1.29, 1.82) is 0 Å². The predicted octanol–water partition coefficient (Wildman–Crippen LogP) is 3.27. The van der Waals surface area contributed by atoms with Crippen molar-refractivity contribution in [3.05, 3.63) is 35.0 Å². The Kier molecular flexibility index (Phi) is 3.03. The number of hydrogen-bond donors (Lipinski definition) is 1. The molecule has 0 radical (unpaired) electrons. The van der Waals surface area contributed by atoms with E-state index in [9.17, 15) is 0 Å². The van der Waals surface area contributed by atoms with Gasteiger partial charge in [-0.25, -0.2) is 9.97 Å². The van der Waals surface area contributed by atoms with Gasteiger partial charge in [-0.3, -0.25) is 0 Å². The molecule has 1 heterocycles. The van der Waals surface area contributed by atoms with Gasteiger partial charge in [-0.05, 0) is 25.0 Å². The summed E-state index contributed by atoms with van der Waals surface area (Å²) in [5, 5.41) is 0.562. The van der Waals surface area contributed by atoms with Gasteiger partial charge in [-0.2, -0.15) is 0 Å². The Bertz CT molecular complexity index is 626. The number of aromatic nitrogens is 2. The van der Waals surface area contributed by atoms with Gasteiger partial charge in [-0.15, -0.1) is 0 Å². The number of benzene rings is 1. The van der Waals surface area contributed by atoms with E-state index in [1.54, 1.807) is 13.2 Å². The molecule has 0 aliphatic heterocycles. The van der Waals surface area contributed by atoms with Crippen LogP contribution < -0.4 is 10.5 Å². The number of nitrogens with zero attached hydrogens (tertiary/aromatic N) is 2. The quantitative estimate of drug-likeness (QED) is 0.934. The second kappa shape index (κ2) is 4.70. The Hall–Kier alpha value is -1.81. The monoisotopic (exact) mass is 275 g/mol. The third-order valence-corrected chi connectivity index (χ3v) is 3.50. The van der Waals surface area contributed by atoms with E-state index in [1.807, 2.05) is 18.2 Å². The molecule has 0 unspecified atom stereocenters. The van der Waals surface area contributed by atoms with Gasteiger partial charge in [0.25, 0.3) is 0 Å². The van der Waals surface area contributed by atoms with Gasteiger partial charge in [0.05, 0.1) is 17.7 Å². The number of hydrogen-bond acceptors (Lipinski definition) is 4. The first-order chi connectivity index (χ1) is 9.19. The molecule has 1 aromatic carbocycles. The minimum atomic E-state index is 0.467. The van der Waals surface area contributed by atoms with Crippen molar-refractivity contribution in [3.8, 4) is 17.1 Å². The van der Waals surface area contributed by atoms with Gasteiger partial charge in [0, 0.05) is 17.7 Å². The van der Waals surface area contributed by atoms with Crippen LogP contribution in [0.15, 0.2) is 24.3 Å². The summed E-state index contributed by atoms with van der Waals surface area (Å²) in [4.78, 5) is 8.87. The van der Waals surface area contributed by atoms with E-state index in [4.69, 9.17) is 22.1 Å². The summed E-state index contributed by atoms with van der Waals surface area (Å²) in [6.07, 6.45) is 2.32. The van der Waals surface area contributed by atoms with E-state index in [0.717, 1.165) is 18.5 Å². The van der Waals surface area contributed by atoms with Crippen molar-refractivity contribution in [2.45, 2.75) is 18.8 Å². The molecule has 98 valence electrons. The number of methoxy groups -OCH3 is 1. The number of nitrogen functional groups attached to an aromatic ring is 1. The maximum absolute atomic E-state index is 6.24. The average molecular weight is 276 g/mol. The molecule has 0 saturated heterocycles. The first-order valence-corrected chi connectivity index (χ1v) is 6.54. The molecule has 0 atom stereocenters. The van der Waals surface area contributed by atoms with Gasteiger partial charge in [0.2, 0.25) is 0 Å². The molecule has 1 fully saturated rings. The van der Waals surface area contributed by atoms with Gasteiger partial charge in [0.15, 0.2) is 5.82 Å². The Labute approximate surface area is 116 Å². The number of anilines is 1. The summed E-state index contributed by atoms with van der Waals surface area (Å²) < 4.78 is 5.33. The standard InChI is InChI=1S/C14H14ClN3O/c1-19-11-4-2-3-9(15)13(11)14-17-10(8-5-6-8)7-12(16)18-14/h2-4,7-8H,5-6H2,1H3,(H2,16,17,18). The predicted molar refractivity (Wildman–Crippen MR) is 75.4 cm³/mol. The highest BCUT2D eigenvalue weighted by molar-refractivity contribution is 6.33. The SMILES string of the molecule is COc1cccc(Cl)c1-c1nc(N)cc(C2CC2)n1. The Balaban J connectivity index is 2.16. The van der Waals surface area contributed by atoms with E-state index in [1.165, 1.54) is 0 Å². The van der Waals surface area contributed by atoms with Crippen molar-refractivity contribution in [2.75, 3.05) is 12.8 Å². The van der Waals surface area contributed by atoms with Gasteiger partial charge in [0.1, 0.15) is 11.6 Å². The molecular formula is C14H14ClN3O. The molecule has 19 heavy (non-hydrogen) atoms. The van der Waals surface area contributed by atoms with Crippen LogP contribution in [0.5, 0.6) is 5.75 Å². The molecule has 5 heteroatoms. The molecular weight excluding hydrogens is 262 g/mol. The second-order valence-electron chi connectivity index (χ2n) is 4.63. The van der Waals surface area contributed by atoms with Crippen LogP contribution in [0.3, 0.4) is 0 Å². The molecule has 0 amide bonds. The Morgan fingerprint density at radius 1 is 1.32 bits per heavy atom. The van der Waals surface area contributed by atoms with Crippen LogP contribution in [0, 0.1) is 0 Å². The van der Waals surface area contributed by atoms with E-state index in [-0.39, 0.29) is 0 Å². The molecule has 2 N–H and O–H groups in total. The lowest BCUT2D eigenvalue weighted by atomic mass is 10.1. The minimum absolute atomic E-state index is 0.467. The lowest BCUT2D eigenvalue weighted by Gasteiger charge is -2.10. The Morgan fingerprint density at radius 2 is 2.11 bits per heavy atom. The van der Waals surface area contributed by atoms with Crippen LogP contribution in [0.25, 0.3) is 11.4 Å². The van der Waals surface area contributed by atoms with Gasteiger partial charge < -0.3 is 10.5 Å². The largest absolute Gasteiger partial charge is 0.496 e. The summed E-state index contributed by atoms with van der Waals surface area (Å²) in [6, 6.07) is 7.30. The highest BCUT2D eigenvalue weighted by atomic mass is 35.5. The van der Waals surface area contributed by atoms with Crippen molar-refractivity contribution in [1.82, 2.24) is 9.97 Å². The molecule has 1 aliphatic carbocycles. The summed E-state index contributed by atoms with van der Waals surface area (Å²) >= 11 is 6.24. The van der Waals surface area contributed by atoms with Crippen LogP contribution in [0.1, 0.15) is 24.5 Å². The molecule has 3 rings (SSSR count). The van der Waals surface area contributed by atoms with E-state index < -0.39 is 0 Å². The molecule has 1 aliphatic rings. The molecule has 1 saturated carbocycles. The van der Waals surface area contributed by atoms with Crippen LogP contribution in [-0.4, -0.2) is 17.1 Å². The maximum Gasteiger partial charge on any atom is 0.167 e. The lowest BCUT2D eigenvalue weighted by molar-refractivity contribution is 0.416. The maximum atomic E-state index is 6.24. The number of rotatable bonds is 3. The van der Waals surface area contributed by atoms with Crippen molar-refractivity contribution in [3.63, 3.8) is 0 Å². The number of nitrogens with two attached hydrogens (primary N) is 1. The summed E-state index contributed by atoms with van der Waals surface area (Å²) in [6.45, 7) is 0. The normalized spacial score (nSPS) is 14.4. The van der Waals surface area contributed by atoms with Crippen molar-refractivity contribution < 1.29 is 4.74 Å². The highest BCUT2D eigenvalue weighted by Crippen LogP contribution is 2.41. The zero-order valence-corrected chi connectivity index (χ0v) is 11.3. The van der Waals surface area contributed by atoms with Gasteiger partial charge in [-0.1, -0.05) is 17.7 Å². The van der Waals surface area contributed by atoms with Crippen LogP contribution >= 0.6 is 11.6 Å². The fourth-order valence-electron chi connectivity index (χ4n) is 2.08. The van der Waals surface area contributed by atoms with Crippen LogP contribution in [0.4, 0.5) is 5.82 Å².